The van der Waals surface area contributed by atoms with E-state index in [1.807, 2.05) is 48.5 Å². The van der Waals surface area contributed by atoms with Crippen LogP contribution in [0.4, 0.5) is 17.1 Å². The van der Waals surface area contributed by atoms with Crippen LogP contribution in [0.2, 0.25) is 0 Å². The minimum atomic E-state index is -0.550. The van der Waals surface area contributed by atoms with E-state index >= 15 is 0 Å². The van der Waals surface area contributed by atoms with Crippen molar-refractivity contribution in [2.75, 3.05) is 5.32 Å². The molecule has 46 heavy (non-hydrogen) atoms. The number of nitro groups is 2. The molecule has 0 bridgehead atoms. The summed E-state index contributed by atoms with van der Waals surface area (Å²) < 4.78 is 5.87. The number of ether oxygens (including phenoxy) is 1. The molecule has 11 heteroatoms. The number of anilines is 1. The standard InChI is InChI=1S/C35H26ClN3O6S/c36-32-30(46-29-14-4-3-13-28(29)39(43)44)19-27-31(32)25-11-6-12-26(34(25)37-33(27)22-9-5-10-23(17-22)38(41)42)35(40)45-24-16-15-20-7-1-2-8-21(20)18-24/h1-18,27,30-33,37H,19H2/t27-,30+,31-,32-,33-/m1/s1. The van der Waals surface area contributed by atoms with Crippen molar-refractivity contribution in [2.24, 2.45) is 5.92 Å². The van der Waals surface area contributed by atoms with E-state index in [1.54, 1.807) is 48.5 Å². The zero-order valence-electron chi connectivity index (χ0n) is 24.1. The van der Waals surface area contributed by atoms with Crippen LogP contribution in [-0.4, -0.2) is 26.4 Å². The van der Waals surface area contributed by atoms with E-state index in [2.05, 4.69) is 5.32 Å². The molecule has 0 amide bonds. The molecule has 1 fully saturated rings. The van der Waals surface area contributed by atoms with Gasteiger partial charge >= 0.3 is 5.97 Å². The van der Waals surface area contributed by atoms with Gasteiger partial charge in [-0.15, -0.1) is 23.4 Å². The second-order valence-electron chi connectivity index (χ2n) is 11.4. The highest BCUT2D eigenvalue weighted by Crippen LogP contribution is 2.58. The molecule has 1 heterocycles. The second-order valence-corrected chi connectivity index (χ2v) is 13.2. The van der Waals surface area contributed by atoms with Crippen LogP contribution in [0.25, 0.3) is 10.8 Å². The lowest BCUT2D eigenvalue weighted by Gasteiger charge is -2.39. The number of carbonyl (C=O) groups excluding carboxylic acids is 1. The van der Waals surface area contributed by atoms with Crippen LogP contribution in [0.1, 0.15) is 39.9 Å². The normalized spacial score (nSPS) is 21.5. The van der Waals surface area contributed by atoms with Crippen molar-refractivity contribution in [2.45, 2.75) is 33.9 Å². The van der Waals surface area contributed by atoms with E-state index in [9.17, 15) is 25.0 Å². The largest absolute Gasteiger partial charge is 0.423 e. The molecule has 5 aromatic carbocycles. The molecule has 1 aliphatic heterocycles. The third kappa shape index (κ3) is 5.44. The molecule has 0 saturated heterocycles. The summed E-state index contributed by atoms with van der Waals surface area (Å²) in [6.45, 7) is 0. The van der Waals surface area contributed by atoms with Crippen molar-refractivity contribution < 1.29 is 19.4 Å². The summed E-state index contributed by atoms with van der Waals surface area (Å²) in [5.74, 6) is -0.520. The van der Waals surface area contributed by atoms with Gasteiger partial charge in [-0.2, -0.15) is 0 Å². The van der Waals surface area contributed by atoms with Crippen molar-refractivity contribution in [1.82, 2.24) is 0 Å². The van der Waals surface area contributed by atoms with Gasteiger partial charge in [0.2, 0.25) is 0 Å². The Morgan fingerprint density at radius 3 is 2.41 bits per heavy atom. The Hall–Kier alpha value is -4.93. The number of hydrogen-bond acceptors (Lipinski definition) is 8. The van der Waals surface area contributed by atoms with Gasteiger partial charge in [-0.3, -0.25) is 20.2 Å². The number of benzene rings is 5. The maximum atomic E-state index is 13.7. The van der Waals surface area contributed by atoms with Gasteiger partial charge in [0.25, 0.3) is 11.4 Å². The number of para-hydroxylation sites is 2. The van der Waals surface area contributed by atoms with Crippen LogP contribution in [0.3, 0.4) is 0 Å². The number of hydrogen-bond donors (Lipinski definition) is 1. The fraction of sp³-hybridized carbons (Fsp3) is 0.171. The van der Waals surface area contributed by atoms with Crippen LogP contribution in [0.15, 0.2) is 114 Å². The van der Waals surface area contributed by atoms with E-state index in [4.69, 9.17) is 16.3 Å². The second kappa shape index (κ2) is 12.1. The molecule has 230 valence electrons. The number of esters is 1. The Morgan fingerprint density at radius 1 is 0.848 bits per heavy atom. The Bertz CT molecular complexity index is 2020. The summed E-state index contributed by atoms with van der Waals surface area (Å²) in [6.07, 6.45) is 0.584. The third-order valence-corrected chi connectivity index (χ3v) is 10.9. The van der Waals surface area contributed by atoms with Gasteiger partial charge in [0, 0.05) is 29.4 Å². The Morgan fingerprint density at radius 2 is 1.61 bits per heavy atom. The summed E-state index contributed by atoms with van der Waals surface area (Å²) in [6, 6.07) is 31.3. The smallest absolute Gasteiger partial charge is 0.345 e. The number of non-ortho nitro benzene ring substituents is 1. The first kappa shape index (κ1) is 29.8. The molecule has 0 unspecified atom stereocenters. The van der Waals surface area contributed by atoms with Gasteiger partial charge in [0.1, 0.15) is 5.75 Å². The number of rotatable bonds is 7. The number of halogens is 1. The summed E-state index contributed by atoms with van der Waals surface area (Å²) in [5.41, 5.74) is 2.37. The molecule has 5 atom stereocenters. The number of alkyl halides is 1. The van der Waals surface area contributed by atoms with Gasteiger partial charge in [0.15, 0.2) is 0 Å². The van der Waals surface area contributed by atoms with Crippen LogP contribution >= 0.6 is 23.4 Å². The quantitative estimate of drug-likeness (QED) is 0.0608. The maximum absolute atomic E-state index is 13.7. The number of nitrogens with zero attached hydrogens (tertiary/aromatic N) is 2. The van der Waals surface area contributed by atoms with Gasteiger partial charge < -0.3 is 10.1 Å². The maximum Gasteiger partial charge on any atom is 0.345 e. The van der Waals surface area contributed by atoms with Gasteiger partial charge in [-0.05, 0) is 58.5 Å². The van der Waals surface area contributed by atoms with Crippen molar-refractivity contribution >= 4 is 57.2 Å². The average molecular weight is 652 g/mol. The molecule has 1 N–H and O–H groups in total. The minimum Gasteiger partial charge on any atom is -0.423 e. The number of nitrogens with one attached hydrogen (secondary N) is 1. The van der Waals surface area contributed by atoms with E-state index < -0.39 is 27.2 Å². The molecule has 0 spiro atoms. The monoisotopic (exact) mass is 651 g/mol. The fourth-order valence-corrected chi connectivity index (χ4v) is 8.68. The van der Waals surface area contributed by atoms with Crippen LogP contribution in [-0.2, 0) is 0 Å². The molecular formula is C35H26ClN3O6S. The topological polar surface area (TPSA) is 125 Å². The molecule has 0 aromatic heterocycles. The highest BCUT2D eigenvalue weighted by atomic mass is 35.5. The fourth-order valence-electron chi connectivity index (χ4n) is 6.74. The highest BCUT2D eigenvalue weighted by Gasteiger charge is 2.51. The lowest BCUT2D eigenvalue weighted by Crippen LogP contribution is -2.32. The lowest BCUT2D eigenvalue weighted by atomic mass is 9.76. The molecule has 7 rings (SSSR count). The molecule has 1 saturated carbocycles. The summed E-state index contributed by atoms with van der Waals surface area (Å²) >= 11 is 8.64. The van der Waals surface area contributed by atoms with E-state index in [-0.39, 0.29) is 28.5 Å². The number of thioether (sulfide) groups is 1. The number of carbonyl (C=O) groups is 1. The summed E-state index contributed by atoms with van der Waals surface area (Å²) in [5, 5.41) is 28.3. The van der Waals surface area contributed by atoms with E-state index in [1.165, 1.54) is 23.9 Å². The Labute approximate surface area is 272 Å². The zero-order valence-corrected chi connectivity index (χ0v) is 25.7. The van der Waals surface area contributed by atoms with E-state index in [0.717, 1.165) is 16.3 Å². The van der Waals surface area contributed by atoms with Crippen LogP contribution in [0.5, 0.6) is 5.75 Å². The summed E-state index contributed by atoms with van der Waals surface area (Å²) in [4.78, 5) is 36.9. The van der Waals surface area contributed by atoms with Gasteiger partial charge in [0.05, 0.1) is 37.4 Å². The first-order valence-corrected chi connectivity index (χ1v) is 16.0. The van der Waals surface area contributed by atoms with Crippen molar-refractivity contribution in [3.8, 4) is 5.75 Å². The van der Waals surface area contributed by atoms with Crippen molar-refractivity contribution in [1.29, 1.82) is 0 Å². The first-order chi connectivity index (χ1) is 22.3. The van der Waals surface area contributed by atoms with Gasteiger partial charge in [-0.25, -0.2) is 4.79 Å². The first-order valence-electron chi connectivity index (χ1n) is 14.7. The lowest BCUT2D eigenvalue weighted by molar-refractivity contribution is -0.387. The average Bonchev–Trinajstić information content (AvgIpc) is 3.39. The molecule has 0 radical (unpaired) electrons. The highest BCUT2D eigenvalue weighted by molar-refractivity contribution is 8.00. The number of nitro benzene ring substituents is 2. The molecule has 9 nitrogen and oxygen atoms in total. The van der Waals surface area contributed by atoms with Crippen LogP contribution in [0, 0.1) is 26.1 Å². The Balaban J connectivity index is 1.28. The molecular weight excluding hydrogens is 626 g/mol. The summed E-state index contributed by atoms with van der Waals surface area (Å²) in [7, 11) is 0. The van der Waals surface area contributed by atoms with Crippen LogP contribution < -0.4 is 10.1 Å². The molecule has 1 aliphatic carbocycles. The zero-order chi connectivity index (χ0) is 31.9. The van der Waals surface area contributed by atoms with Crippen molar-refractivity contribution in [3.05, 3.63) is 146 Å². The molecule has 2 aliphatic rings. The van der Waals surface area contributed by atoms with E-state index in [0.29, 0.717) is 33.9 Å². The predicted molar refractivity (Wildman–Crippen MR) is 178 cm³/mol. The third-order valence-electron chi connectivity index (χ3n) is 8.78. The minimum absolute atomic E-state index is 0.0127. The SMILES string of the molecule is O=C(Oc1ccc2ccccc2c1)c1cccc2c1N[C@H](c1cccc([N+](=O)[O-])c1)[C@@H]1C[C@H](Sc3ccccc3[N+](=O)[O-])[C@@H](Cl)[C@H]21. The molecule has 5 aromatic rings. The predicted octanol–water partition coefficient (Wildman–Crippen LogP) is 8.91. The van der Waals surface area contributed by atoms with Gasteiger partial charge in [-0.1, -0.05) is 66.7 Å². The van der Waals surface area contributed by atoms with Crippen molar-refractivity contribution in [3.63, 3.8) is 0 Å². The Kier molecular flexibility index (Phi) is 7.84. The number of fused-ring (bicyclic) bond motifs is 4.